The molecular formula is C13H17BrN2O3S. The number of carbonyl (C=O) groups excluding carboxylic acids is 1. The molecule has 5 nitrogen and oxygen atoms in total. The first-order valence-corrected chi connectivity index (χ1v) is 9.06. The average Bonchev–Trinajstić information content (AvgIpc) is 2.36. The highest BCUT2D eigenvalue weighted by atomic mass is 79.9. The zero-order chi connectivity index (χ0) is 14.8. The molecule has 0 spiro atoms. The summed E-state index contributed by atoms with van der Waals surface area (Å²) in [5.41, 5.74) is 0.611. The normalized spacial score (nSPS) is 19.9. The largest absolute Gasteiger partial charge is 0.337 e. The number of likely N-dealkylation sites (tertiary alicyclic amines) is 1. The fraction of sp³-hybridized carbons (Fsp3) is 0.462. The van der Waals surface area contributed by atoms with Crippen molar-refractivity contribution >= 4 is 31.9 Å². The second-order valence-electron chi connectivity index (χ2n) is 4.99. The third kappa shape index (κ3) is 4.29. The Morgan fingerprint density at radius 3 is 2.85 bits per heavy atom. The molecule has 1 amide bonds. The number of nitrogens with zero attached hydrogens (tertiary/aromatic N) is 1. The van der Waals surface area contributed by atoms with Gasteiger partial charge in [0, 0.05) is 29.2 Å². The predicted octanol–water partition coefficient (Wildman–Crippen LogP) is 1.60. The third-order valence-electron chi connectivity index (χ3n) is 3.16. The van der Waals surface area contributed by atoms with E-state index in [1.165, 1.54) is 0 Å². The highest BCUT2D eigenvalue weighted by Crippen LogP contribution is 2.17. The molecule has 0 aromatic heterocycles. The van der Waals surface area contributed by atoms with Gasteiger partial charge in [0.2, 0.25) is 10.0 Å². The Bertz CT molecular complexity index is 603. The van der Waals surface area contributed by atoms with Crippen LogP contribution in [0, 0.1) is 0 Å². The van der Waals surface area contributed by atoms with Crippen molar-refractivity contribution in [2.24, 2.45) is 0 Å². The van der Waals surface area contributed by atoms with Crippen molar-refractivity contribution in [1.82, 2.24) is 9.62 Å². The lowest BCUT2D eigenvalue weighted by atomic mass is 10.1. The quantitative estimate of drug-likeness (QED) is 0.890. The monoisotopic (exact) mass is 360 g/mol. The zero-order valence-electron chi connectivity index (χ0n) is 11.2. The summed E-state index contributed by atoms with van der Waals surface area (Å²) in [4.78, 5) is 14.1. The highest BCUT2D eigenvalue weighted by molar-refractivity contribution is 9.10. The number of halogens is 1. The number of hydrogen-bond donors (Lipinski definition) is 1. The minimum Gasteiger partial charge on any atom is -0.337 e. The van der Waals surface area contributed by atoms with Crippen LogP contribution in [-0.2, 0) is 10.0 Å². The molecule has 2 rings (SSSR count). The predicted molar refractivity (Wildman–Crippen MR) is 81.0 cm³/mol. The summed E-state index contributed by atoms with van der Waals surface area (Å²) >= 11 is 3.34. The lowest BCUT2D eigenvalue weighted by Crippen LogP contribution is -2.49. The fourth-order valence-corrected chi connectivity index (χ4v) is 3.56. The molecule has 1 heterocycles. The SMILES string of the molecule is CS(=O)(=O)NC1CCCN(C(=O)c2cccc(Br)c2)C1. The molecule has 0 radical (unpaired) electrons. The fourth-order valence-electron chi connectivity index (χ4n) is 2.36. The van der Waals surface area contributed by atoms with Gasteiger partial charge in [-0.1, -0.05) is 22.0 Å². The maximum absolute atomic E-state index is 12.4. The van der Waals surface area contributed by atoms with Gasteiger partial charge in [0.05, 0.1) is 6.26 Å². The third-order valence-corrected chi connectivity index (χ3v) is 4.42. The minimum atomic E-state index is -3.24. The number of nitrogens with one attached hydrogen (secondary N) is 1. The van der Waals surface area contributed by atoms with Crippen LogP contribution >= 0.6 is 15.9 Å². The van der Waals surface area contributed by atoms with Crippen molar-refractivity contribution < 1.29 is 13.2 Å². The van der Waals surface area contributed by atoms with Gasteiger partial charge < -0.3 is 4.90 Å². The van der Waals surface area contributed by atoms with Gasteiger partial charge in [-0.25, -0.2) is 13.1 Å². The Balaban J connectivity index is 2.07. The summed E-state index contributed by atoms with van der Waals surface area (Å²) in [7, 11) is -3.24. The standard InChI is InChI=1S/C13H17BrN2O3S/c1-20(18,19)15-12-6-3-7-16(9-12)13(17)10-4-2-5-11(14)8-10/h2,4-5,8,12,15H,3,6-7,9H2,1H3. The van der Waals surface area contributed by atoms with Crippen LogP contribution in [0.2, 0.25) is 0 Å². The second-order valence-corrected chi connectivity index (χ2v) is 7.69. The molecule has 1 aliphatic rings. The summed E-state index contributed by atoms with van der Waals surface area (Å²) in [6.45, 7) is 1.08. The van der Waals surface area contributed by atoms with Crippen molar-refractivity contribution in [2.75, 3.05) is 19.3 Å². The number of hydrogen-bond acceptors (Lipinski definition) is 3. The molecule has 1 N–H and O–H groups in total. The molecule has 0 aliphatic carbocycles. The number of carbonyl (C=O) groups is 1. The van der Waals surface area contributed by atoms with E-state index in [9.17, 15) is 13.2 Å². The number of benzene rings is 1. The van der Waals surface area contributed by atoms with Gasteiger partial charge in [0.25, 0.3) is 5.91 Å². The first kappa shape index (κ1) is 15.5. The Morgan fingerprint density at radius 2 is 2.20 bits per heavy atom. The summed E-state index contributed by atoms with van der Waals surface area (Å²) in [6, 6.07) is 7.01. The van der Waals surface area contributed by atoms with Crippen LogP contribution in [0.15, 0.2) is 28.7 Å². The molecular weight excluding hydrogens is 344 g/mol. The van der Waals surface area contributed by atoms with Gasteiger partial charge in [-0.2, -0.15) is 0 Å². The van der Waals surface area contributed by atoms with Gasteiger partial charge in [-0.05, 0) is 31.0 Å². The van der Waals surface area contributed by atoms with Crippen LogP contribution in [0.5, 0.6) is 0 Å². The van der Waals surface area contributed by atoms with E-state index in [0.29, 0.717) is 18.7 Å². The van der Waals surface area contributed by atoms with E-state index in [0.717, 1.165) is 23.6 Å². The van der Waals surface area contributed by atoms with E-state index >= 15 is 0 Å². The summed E-state index contributed by atoms with van der Waals surface area (Å²) < 4.78 is 26.0. The second kappa shape index (κ2) is 6.24. The number of piperidine rings is 1. The molecule has 1 aromatic rings. The van der Waals surface area contributed by atoms with E-state index in [1.54, 1.807) is 17.0 Å². The highest BCUT2D eigenvalue weighted by Gasteiger charge is 2.26. The summed E-state index contributed by atoms with van der Waals surface area (Å²) in [5, 5.41) is 0. The van der Waals surface area contributed by atoms with Crippen molar-refractivity contribution in [3.63, 3.8) is 0 Å². The van der Waals surface area contributed by atoms with Crippen LogP contribution in [0.4, 0.5) is 0 Å². The average molecular weight is 361 g/mol. The van der Waals surface area contributed by atoms with Gasteiger partial charge in [0.1, 0.15) is 0 Å². The molecule has 110 valence electrons. The van der Waals surface area contributed by atoms with Crippen LogP contribution < -0.4 is 4.72 Å². The summed E-state index contributed by atoms with van der Waals surface area (Å²) in [5.74, 6) is -0.0636. The van der Waals surface area contributed by atoms with Gasteiger partial charge >= 0.3 is 0 Å². The molecule has 1 unspecified atom stereocenters. The lowest BCUT2D eigenvalue weighted by molar-refractivity contribution is 0.0703. The van der Waals surface area contributed by atoms with Gasteiger partial charge in [-0.3, -0.25) is 4.79 Å². The van der Waals surface area contributed by atoms with E-state index in [-0.39, 0.29) is 11.9 Å². The van der Waals surface area contributed by atoms with Crippen molar-refractivity contribution in [1.29, 1.82) is 0 Å². The van der Waals surface area contributed by atoms with E-state index < -0.39 is 10.0 Å². The lowest BCUT2D eigenvalue weighted by Gasteiger charge is -2.32. The first-order chi connectivity index (χ1) is 9.35. The number of amides is 1. The van der Waals surface area contributed by atoms with Gasteiger partial charge in [-0.15, -0.1) is 0 Å². The smallest absolute Gasteiger partial charge is 0.253 e. The molecule has 1 atom stereocenters. The maximum atomic E-state index is 12.4. The zero-order valence-corrected chi connectivity index (χ0v) is 13.6. The number of sulfonamides is 1. The van der Waals surface area contributed by atoms with E-state index in [2.05, 4.69) is 20.7 Å². The molecule has 1 fully saturated rings. The Hall–Kier alpha value is -0.920. The Morgan fingerprint density at radius 1 is 1.45 bits per heavy atom. The van der Waals surface area contributed by atoms with Crippen LogP contribution in [0.1, 0.15) is 23.2 Å². The number of rotatable bonds is 3. The van der Waals surface area contributed by atoms with Gasteiger partial charge in [0.15, 0.2) is 0 Å². The molecule has 20 heavy (non-hydrogen) atoms. The molecule has 0 saturated carbocycles. The van der Waals surface area contributed by atoms with E-state index in [4.69, 9.17) is 0 Å². The first-order valence-electron chi connectivity index (χ1n) is 6.37. The molecule has 7 heteroatoms. The molecule has 1 aliphatic heterocycles. The van der Waals surface area contributed by atoms with Crippen molar-refractivity contribution in [2.45, 2.75) is 18.9 Å². The molecule has 1 aromatic carbocycles. The Kier molecular flexibility index (Phi) is 4.82. The van der Waals surface area contributed by atoms with Crippen LogP contribution in [0.25, 0.3) is 0 Å². The molecule has 0 bridgehead atoms. The van der Waals surface area contributed by atoms with E-state index in [1.807, 2.05) is 12.1 Å². The van der Waals surface area contributed by atoms with Crippen LogP contribution in [-0.4, -0.2) is 44.6 Å². The summed E-state index contributed by atoms with van der Waals surface area (Å²) in [6.07, 6.45) is 2.70. The molecule has 1 saturated heterocycles. The Labute approximate surface area is 127 Å². The van der Waals surface area contributed by atoms with Crippen molar-refractivity contribution in [3.05, 3.63) is 34.3 Å². The van der Waals surface area contributed by atoms with Crippen molar-refractivity contribution in [3.8, 4) is 0 Å². The topological polar surface area (TPSA) is 66.5 Å². The van der Waals surface area contributed by atoms with Crippen LogP contribution in [0.3, 0.4) is 0 Å². The maximum Gasteiger partial charge on any atom is 0.253 e. The minimum absolute atomic E-state index is 0.0636.